The van der Waals surface area contributed by atoms with Crippen LogP contribution in [0.2, 0.25) is 0 Å². The molecule has 2 aromatic carbocycles. The van der Waals surface area contributed by atoms with E-state index >= 15 is 0 Å². The minimum Gasteiger partial charge on any atom is -0.378 e. The number of aromatic nitrogens is 2. The van der Waals surface area contributed by atoms with E-state index in [0.717, 1.165) is 27.7 Å². The second-order valence-corrected chi connectivity index (χ2v) is 7.36. The SMILES string of the molecule is Cc1cc(C(=O)NC[C@@H](c2ccc(N(C)C)cc2)c2c[nH]c3ccccc23)no1. The first-order chi connectivity index (χ1) is 14.0. The van der Waals surface area contributed by atoms with Crippen molar-refractivity contribution in [3.8, 4) is 0 Å². The Bertz CT molecular complexity index is 1130. The van der Waals surface area contributed by atoms with Gasteiger partial charge in [0.05, 0.1) is 0 Å². The van der Waals surface area contributed by atoms with Crippen LogP contribution >= 0.6 is 0 Å². The second-order valence-electron chi connectivity index (χ2n) is 7.36. The summed E-state index contributed by atoms with van der Waals surface area (Å²) in [7, 11) is 4.04. The molecule has 0 radical (unpaired) electrons. The molecular weight excluding hydrogens is 364 g/mol. The standard InChI is InChI=1S/C23H24N4O2/c1-15-12-22(26-29-15)23(28)25-13-19(16-8-10-17(11-9-16)27(2)3)20-14-24-21-7-5-4-6-18(20)21/h4-12,14,19,24H,13H2,1-3H3,(H,25,28)/t19-/m0/s1. The van der Waals surface area contributed by atoms with Gasteiger partial charge in [-0.1, -0.05) is 35.5 Å². The Balaban J connectivity index is 1.66. The van der Waals surface area contributed by atoms with Crippen LogP contribution < -0.4 is 10.2 Å². The number of aryl methyl sites for hydroxylation is 1. The van der Waals surface area contributed by atoms with Crippen molar-refractivity contribution in [1.29, 1.82) is 0 Å². The summed E-state index contributed by atoms with van der Waals surface area (Å²) in [6, 6.07) is 18.3. The minimum atomic E-state index is -0.239. The van der Waals surface area contributed by atoms with Crippen molar-refractivity contribution in [3.05, 3.63) is 83.4 Å². The predicted octanol–water partition coefficient (Wildman–Crippen LogP) is 4.09. The molecule has 2 heterocycles. The first-order valence-electron chi connectivity index (χ1n) is 9.58. The quantitative estimate of drug-likeness (QED) is 0.522. The molecule has 0 unspecified atom stereocenters. The lowest BCUT2D eigenvalue weighted by Crippen LogP contribution is -2.29. The van der Waals surface area contributed by atoms with Gasteiger partial charge in [0.1, 0.15) is 5.76 Å². The van der Waals surface area contributed by atoms with Crippen LogP contribution in [0.5, 0.6) is 0 Å². The summed E-state index contributed by atoms with van der Waals surface area (Å²) in [6.07, 6.45) is 2.03. The van der Waals surface area contributed by atoms with E-state index < -0.39 is 0 Å². The van der Waals surface area contributed by atoms with Gasteiger partial charge in [-0.25, -0.2) is 0 Å². The first kappa shape index (κ1) is 18.8. The molecule has 29 heavy (non-hydrogen) atoms. The smallest absolute Gasteiger partial charge is 0.273 e. The Hall–Kier alpha value is -3.54. The maximum absolute atomic E-state index is 12.5. The third-order valence-electron chi connectivity index (χ3n) is 5.14. The van der Waals surface area contributed by atoms with Crippen LogP contribution in [-0.2, 0) is 0 Å². The monoisotopic (exact) mass is 388 g/mol. The van der Waals surface area contributed by atoms with E-state index in [1.54, 1.807) is 13.0 Å². The number of carbonyl (C=O) groups is 1. The second kappa shape index (κ2) is 7.83. The molecule has 4 rings (SSSR count). The number of amides is 1. The van der Waals surface area contributed by atoms with E-state index in [4.69, 9.17) is 4.52 Å². The van der Waals surface area contributed by atoms with E-state index in [1.807, 2.05) is 32.4 Å². The number of nitrogens with one attached hydrogen (secondary N) is 2. The fraction of sp³-hybridized carbons (Fsp3) is 0.217. The van der Waals surface area contributed by atoms with Crippen LogP contribution in [0.15, 0.2) is 65.3 Å². The Morgan fingerprint density at radius 3 is 2.62 bits per heavy atom. The van der Waals surface area contributed by atoms with E-state index in [1.165, 1.54) is 0 Å². The van der Waals surface area contributed by atoms with Crippen molar-refractivity contribution in [2.45, 2.75) is 12.8 Å². The van der Waals surface area contributed by atoms with E-state index in [0.29, 0.717) is 18.0 Å². The number of hydrogen-bond acceptors (Lipinski definition) is 4. The molecule has 148 valence electrons. The zero-order chi connectivity index (χ0) is 20.4. The summed E-state index contributed by atoms with van der Waals surface area (Å²) in [5.41, 5.74) is 4.79. The molecular formula is C23H24N4O2. The third kappa shape index (κ3) is 3.87. The molecule has 1 amide bonds. The fourth-order valence-corrected chi connectivity index (χ4v) is 3.55. The van der Waals surface area contributed by atoms with Crippen LogP contribution in [-0.4, -0.2) is 36.7 Å². The number of H-pyrrole nitrogens is 1. The Kier molecular flexibility index (Phi) is 5.08. The molecule has 6 nitrogen and oxygen atoms in total. The predicted molar refractivity (Wildman–Crippen MR) is 114 cm³/mol. The highest BCUT2D eigenvalue weighted by Gasteiger charge is 2.20. The van der Waals surface area contributed by atoms with Gasteiger partial charge >= 0.3 is 0 Å². The number of carbonyl (C=O) groups excluding carboxylic acids is 1. The number of hydrogen-bond donors (Lipinski definition) is 2. The van der Waals surface area contributed by atoms with E-state index in [9.17, 15) is 4.79 Å². The molecule has 2 N–H and O–H groups in total. The van der Waals surface area contributed by atoms with Crippen molar-refractivity contribution < 1.29 is 9.32 Å². The molecule has 0 spiro atoms. The molecule has 0 aliphatic carbocycles. The lowest BCUT2D eigenvalue weighted by atomic mass is 9.90. The number of aromatic amines is 1. The number of benzene rings is 2. The van der Waals surface area contributed by atoms with Gasteiger partial charge in [-0.3, -0.25) is 4.79 Å². The fourth-order valence-electron chi connectivity index (χ4n) is 3.55. The van der Waals surface area contributed by atoms with Crippen molar-refractivity contribution in [2.24, 2.45) is 0 Å². The van der Waals surface area contributed by atoms with E-state index in [-0.39, 0.29) is 11.8 Å². The summed E-state index contributed by atoms with van der Waals surface area (Å²) < 4.78 is 5.02. The molecule has 4 aromatic rings. The van der Waals surface area contributed by atoms with Gasteiger partial charge in [0, 0.05) is 55.4 Å². The van der Waals surface area contributed by atoms with Crippen molar-refractivity contribution in [2.75, 3.05) is 25.5 Å². The average Bonchev–Trinajstić information content (AvgIpc) is 3.35. The van der Waals surface area contributed by atoms with Gasteiger partial charge in [0.25, 0.3) is 5.91 Å². The van der Waals surface area contributed by atoms with Crippen LogP contribution in [0.1, 0.15) is 33.3 Å². The van der Waals surface area contributed by atoms with Crippen LogP contribution in [0.4, 0.5) is 5.69 Å². The van der Waals surface area contributed by atoms with Gasteiger partial charge in [-0.15, -0.1) is 0 Å². The number of fused-ring (bicyclic) bond motifs is 1. The topological polar surface area (TPSA) is 74.2 Å². The molecule has 6 heteroatoms. The molecule has 0 saturated heterocycles. The summed E-state index contributed by atoms with van der Waals surface area (Å²) in [4.78, 5) is 17.9. The van der Waals surface area contributed by atoms with Crippen LogP contribution in [0.25, 0.3) is 10.9 Å². The average molecular weight is 388 g/mol. The maximum Gasteiger partial charge on any atom is 0.273 e. The molecule has 0 saturated carbocycles. The number of para-hydroxylation sites is 1. The summed E-state index contributed by atoms with van der Waals surface area (Å²) in [5.74, 6) is 0.374. The van der Waals surface area contributed by atoms with Gasteiger partial charge in [0.15, 0.2) is 5.69 Å². The van der Waals surface area contributed by atoms with E-state index in [2.05, 4.69) is 56.8 Å². The number of anilines is 1. The maximum atomic E-state index is 12.5. The zero-order valence-electron chi connectivity index (χ0n) is 16.8. The van der Waals surface area contributed by atoms with Gasteiger partial charge in [-0.2, -0.15) is 0 Å². The largest absolute Gasteiger partial charge is 0.378 e. The molecule has 0 aliphatic rings. The highest BCUT2D eigenvalue weighted by molar-refractivity contribution is 5.92. The Morgan fingerprint density at radius 2 is 1.93 bits per heavy atom. The summed E-state index contributed by atoms with van der Waals surface area (Å²) >= 11 is 0. The van der Waals surface area contributed by atoms with Gasteiger partial charge < -0.3 is 19.7 Å². The Labute approximate surface area is 169 Å². The Morgan fingerprint density at radius 1 is 1.17 bits per heavy atom. The molecule has 0 bridgehead atoms. The zero-order valence-corrected chi connectivity index (χ0v) is 16.8. The van der Waals surface area contributed by atoms with Crippen LogP contribution in [0.3, 0.4) is 0 Å². The number of nitrogens with zero attached hydrogens (tertiary/aromatic N) is 2. The third-order valence-corrected chi connectivity index (χ3v) is 5.14. The van der Waals surface area contributed by atoms with Gasteiger partial charge in [0.2, 0.25) is 0 Å². The molecule has 2 aromatic heterocycles. The lowest BCUT2D eigenvalue weighted by Gasteiger charge is -2.19. The lowest BCUT2D eigenvalue weighted by molar-refractivity contribution is 0.0943. The molecule has 1 atom stereocenters. The summed E-state index contributed by atoms with van der Waals surface area (Å²) in [5, 5.41) is 7.98. The van der Waals surface area contributed by atoms with Crippen molar-refractivity contribution in [1.82, 2.24) is 15.5 Å². The summed E-state index contributed by atoms with van der Waals surface area (Å²) in [6.45, 7) is 2.22. The molecule has 0 fully saturated rings. The highest BCUT2D eigenvalue weighted by Crippen LogP contribution is 2.31. The first-order valence-corrected chi connectivity index (χ1v) is 9.58. The highest BCUT2D eigenvalue weighted by atomic mass is 16.5. The molecule has 0 aliphatic heterocycles. The normalized spacial score (nSPS) is 12.1. The van der Waals surface area contributed by atoms with Crippen molar-refractivity contribution >= 4 is 22.5 Å². The van der Waals surface area contributed by atoms with Crippen molar-refractivity contribution in [3.63, 3.8) is 0 Å². The van der Waals surface area contributed by atoms with Gasteiger partial charge in [-0.05, 0) is 36.2 Å². The van der Waals surface area contributed by atoms with Crippen LogP contribution in [0, 0.1) is 6.92 Å². The minimum absolute atomic E-state index is 0.000639. The number of rotatable bonds is 6.